The second kappa shape index (κ2) is 5.05. The van der Waals surface area contributed by atoms with Gasteiger partial charge < -0.3 is 21.3 Å². The molecule has 2 rings (SSSR count). The quantitative estimate of drug-likeness (QED) is 0.496. The Morgan fingerprint density at radius 2 is 1.89 bits per heavy atom. The van der Waals surface area contributed by atoms with E-state index in [4.69, 9.17) is 18.0 Å². The summed E-state index contributed by atoms with van der Waals surface area (Å²) >= 11 is 5.06. The second-order valence-electron chi connectivity index (χ2n) is 4.81. The van der Waals surface area contributed by atoms with Crippen LogP contribution in [0, 0.1) is 0 Å². The minimum absolute atomic E-state index is 0.262. The summed E-state index contributed by atoms with van der Waals surface area (Å²) in [4.78, 5) is 12.4. The molecule has 1 aliphatic rings. The summed E-state index contributed by atoms with van der Waals surface area (Å²) in [6, 6.07) is 3.92. The fraction of sp³-hybridized carbons (Fsp3) is 0.385. The van der Waals surface area contributed by atoms with E-state index in [9.17, 15) is 15.0 Å². The van der Waals surface area contributed by atoms with Gasteiger partial charge in [-0.2, -0.15) is 0 Å². The number of phenols is 2. The highest BCUT2D eigenvalue weighted by Crippen LogP contribution is 2.31. The third kappa shape index (κ3) is 2.63. The lowest BCUT2D eigenvalue weighted by molar-refractivity contribution is 0.0924. The monoisotopic (exact) mass is 280 g/mol. The van der Waals surface area contributed by atoms with Crippen LogP contribution in [0.5, 0.6) is 11.5 Å². The Hall–Kier alpha value is -1.82. The Balaban J connectivity index is 2.20. The van der Waals surface area contributed by atoms with E-state index in [0.717, 1.165) is 25.7 Å². The van der Waals surface area contributed by atoms with Crippen molar-refractivity contribution in [3.63, 3.8) is 0 Å². The molecule has 1 fully saturated rings. The molecule has 5 nitrogen and oxygen atoms in total. The van der Waals surface area contributed by atoms with E-state index in [2.05, 4.69) is 5.32 Å². The number of carbonyl (C=O) groups is 1. The lowest BCUT2D eigenvalue weighted by Crippen LogP contribution is -2.54. The molecule has 6 heteroatoms. The van der Waals surface area contributed by atoms with Gasteiger partial charge >= 0.3 is 0 Å². The Morgan fingerprint density at radius 1 is 1.26 bits per heavy atom. The largest absolute Gasteiger partial charge is 0.504 e. The summed E-state index contributed by atoms with van der Waals surface area (Å²) in [7, 11) is 0. The van der Waals surface area contributed by atoms with Crippen LogP contribution >= 0.6 is 12.2 Å². The van der Waals surface area contributed by atoms with Gasteiger partial charge in [0.15, 0.2) is 11.5 Å². The summed E-state index contributed by atoms with van der Waals surface area (Å²) in [5, 5.41) is 21.5. The zero-order valence-corrected chi connectivity index (χ0v) is 11.2. The Bertz CT molecular complexity index is 525. The van der Waals surface area contributed by atoms with Crippen molar-refractivity contribution in [1.29, 1.82) is 0 Å². The molecule has 0 aliphatic heterocycles. The number of rotatable bonds is 3. The number of aromatic hydroxyl groups is 2. The van der Waals surface area contributed by atoms with Gasteiger partial charge in [0, 0.05) is 5.56 Å². The van der Waals surface area contributed by atoms with Crippen LogP contribution in [0.4, 0.5) is 0 Å². The molecule has 0 bridgehead atoms. The second-order valence-corrected chi connectivity index (χ2v) is 5.25. The normalized spacial score (nSPS) is 17.1. The van der Waals surface area contributed by atoms with Gasteiger partial charge in [0.05, 0.1) is 10.5 Å². The summed E-state index contributed by atoms with van der Waals surface area (Å²) < 4.78 is 0. The average molecular weight is 280 g/mol. The minimum atomic E-state index is -0.625. The number of hydrogen-bond donors (Lipinski definition) is 4. The first-order valence-corrected chi connectivity index (χ1v) is 6.50. The molecule has 1 saturated carbocycles. The van der Waals surface area contributed by atoms with E-state index in [1.807, 2.05) is 0 Å². The molecular weight excluding hydrogens is 264 g/mol. The van der Waals surface area contributed by atoms with E-state index in [0.29, 0.717) is 4.99 Å². The van der Waals surface area contributed by atoms with Crippen LogP contribution in [-0.2, 0) is 0 Å². The maximum Gasteiger partial charge on any atom is 0.252 e. The van der Waals surface area contributed by atoms with Crippen molar-refractivity contribution in [3.05, 3.63) is 23.8 Å². The molecule has 1 aromatic rings. The Labute approximate surface area is 116 Å². The van der Waals surface area contributed by atoms with Crippen molar-refractivity contribution in [1.82, 2.24) is 5.32 Å². The topological polar surface area (TPSA) is 95.6 Å². The van der Waals surface area contributed by atoms with Crippen molar-refractivity contribution in [2.45, 2.75) is 31.2 Å². The van der Waals surface area contributed by atoms with Crippen LogP contribution in [0.25, 0.3) is 0 Å². The molecule has 0 spiro atoms. The van der Waals surface area contributed by atoms with Gasteiger partial charge in [-0.1, -0.05) is 25.1 Å². The molecule has 5 N–H and O–H groups in total. The first-order chi connectivity index (χ1) is 8.94. The third-order valence-electron chi connectivity index (χ3n) is 3.52. The van der Waals surface area contributed by atoms with Crippen LogP contribution in [0.15, 0.2) is 18.2 Å². The van der Waals surface area contributed by atoms with Gasteiger partial charge in [0.2, 0.25) is 0 Å². The first-order valence-electron chi connectivity index (χ1n) is 6.09. The highest BCUT2D eigenvalue weighted by atomic mass is 32.1. The summed E-state index contributed by atoms with van der Waals surface area (Å²) in [6.45, 7) is 0. The van der Waals surface area contributed by atoms with E-state index < -0.39 is 5.54 Å². The fourth-order valence-electron chi connectivity index (χ4n) is 2.37. The van der Waals surface area contributed by atoms with E-state index in [-0.39, 0.29) is 23.0 Å². The predicted molar refractivity (Wildman–Crippen MR) is 75.2 cm³/mol. The zero-order chi connectivity index (χ0) is 14.0. The van der Waals surface area contributed by atoms with E-state index in [1.54, 1.807) is 0 Å². The number of thiocarbonyl (C=S) groups is 1. The number of amides is 1. The SMILES string of the molecule is NC(=S)C1(NC(=O)c2ccc(O)c(O)c2)CCCC1. The average Bonchev–Trinajstić information content (AvgIpc) is 2.82. The van der Waals surface area contributed by atoms with Crippen LogP contribution in [0.1, 0.15) is 36.0 Å². The molecule has 102 valence electrons. The first kappa shape index (κ1) is 13.6. The maximum atomic E-state index is 12.2. The van der Waals surface area contributed by atoms with Crippen LogP contribution in [0.3, 0.4) is 0 Å². The van der Waals surface area contributed by atoms with Crippen LogP contribution < -0.4 is 11.1 Å². The highest BCUT2D eigenvalue weighted by Gasteiger charge is 2.38. The zero-order valence-electron chi connectivity index (χ0n) is 10.3. The van der Waals surface area contributed by atoms with Gasteiger partial charge in [-0.05, 0) is 31.0 Å². The molecule has 19 heavy (non-hydrogen) atoms. The summed E-state index contributed by atoms with van der Waals surface area (Å²) in [6.07, 6.45) is 3.41. The molecule has 0 aromatic heterocycles. The smallest absolute Gasteiger partial charge is 0.252 e. The molecule has 1 amide bonds. The van der Waals surface area contributed by atoms with Crippen LogP contribution in [0.2, 0.25) is 0 Å². The lowest BCUT2D eigenvalue weighted by atomic mass is 9.97. The van der Waals surface area contributed by atoms with Crippen molar-refractivity contribution in [2.24, 2.45) is 5.73 Å². The molecule has 0 unspecified atom stereocenters. The number of carbonyl (C=O) groups excluding carboxylic acids is 1. The molecule has 1 aromatic carbocycles. The molecule has 0 saturated heterocycles. The highest BCUT2D eigenvalue weighted by molar-refractivity contribution is 7.80. The standard InChI is InChI=1S/C13H16N2O3S/c14-12(19)13(5-1-2-6-13)15-11(18)8-3-4-9(16)10(17)7-8/h3-4,7,16-17H,1-2,5-6H2,(H2,14,19)(H,15,18). The third-order valence-corrected chi connectivity index (χ3v) is 3.91. The van der Waals surface area contributed by atoms with E-state index >= 15 is 0 Å². The van der Waals surface area contributed by atoms with Crippen molar-refractivity contribution in [3.8, 4) is 11.5 Å². The van der Waals surface area contributed by atoms with Gasteiger partial charge in [0.1, 0.15) is 0 Å². The summed E-state index contributed by atoms with van der Waals surface area (Å²) in [5.74, 6) is -0.949. The van der Waals surface area contributed by atoms with Gasteiger partial charge in [-0.3, -0.25) is 4.79 Å². The molecule has 0 radical (unpaired) electrons. The van der Waals surface area contributed by atoms with Gasteiger partial charge in [0.25, 0.3) is 5.91 Å². The van der Waals surface area contributed by atoms with Crippen molar-refractivity contribution < 1.29 is 15.0 Å². The van der Waals surface area contributed by atoms with Gasteiger partial charge in [-0.25, -0.2) is 0 Å². The lowest BCUT2D eigenvalue weighted by Gasteiger charge is -2.29. The van der Waals surface area contributed by atoms with E-state index in [1.165, 1.54) is 18.2 Å². The van der Waals surface area contributed by atoms with Crippen LogP contribution in [-0.4, -0.2) is 26.6 Å². The number of nitrogens with two attached hydrogens (primary N) is 1. The predicted octanol–water partition coefficient (Wildman–Crippen LogP) is 1.43. The minimum Gasteiger partial charge on any atom is -0.504 e. The fourth-order valence-corrected chi connectivity index (χ4v) is 2.62. The van der Waals surface area contributed by atoms with Crippen molar-refractivity contribution in [2.75, 3.05) is 0 Å². The molecule has 0 atom stereocenters. The summed E-state index contributed by atoms with van der Waals surface area (Å²) in [5.41, 5.74) is 5.38. The number of hydrogen-bond acceptors (Lipinski definition) is 4. The Kier molecular flexibility index (Phi) is 3.61. The van der Waals surface area contributed by atoms with Crippen molar-refractivity contribution >= 4 is 23.1 Å². The Morgan fingerprint density at radius 3 is 2.42 bits per heavy atom. The van der Waals surface area contributed by atoms with Gasteiger partial charge in [-0.15, -0.1) is 0 Å². The number of benzene rings is 1. The maximum absolute atomic E-state index is 12.2. The molecular formula is C13H16N2O3S. The molecule has 1 aliphatic carbocycles. The number of phenolic OH excluding ortho intramolecular Hbond substituents is 2. The molecule has 0 heterocycles. The number of nitrogens with one attached hydrogen (secondary N) is 1.